The van der Waals surface area contributed by atoms with Crippen LogP contribution < -0.4 is 5.73 Å². The van der Waals surface area contributed by atoms with Gasteiger partial charge in [0.05, 0.1) is 7.11 Å². The zero-order valence-electron chi connectivity index (χ0n) is 8.24. The van der Waals surface area contributed by atoms with Crippen LogP contribution in [0.25, 0.3) is 6.08 Å². The van der Waals surface area contributed by atoms with Gasteiger partial charge in [0.25, 0.3) is 0 Å². The molecule has 4 nitrogen and oxygen atoms in total. The van der Waals surface area contributed by atoms with E-state index in [1.807, 2.05) is 12.2 Å². The van der Waals surface area contributed by atoms with Crippen molar-refractivity contribution in [2.45, 2.75) is 0 Å². The van der Waals surface area contributed by atoms with Gasteiger partial charge in [0.1, 0.15) is 11.4 Å². The van der Waals surface area contributed by atoms with Crippen molar-refractivity contribution in [3.63, 3.8) is 0 Å². The summed E-state index contributed by atoms with van der Waals surface area (Å²) in [4.78, 5) is 15.2. The SMILES string of the molecule is COC(=O)c1cc(C=CCBr)cnc1N. The summed E-state index contributed by atoms with van der Waals surface area (Å²) in [6, 6.07) is 1.65. The first-order valence-electron chi connectivity index (χ1n) is 4.25. The van der Waals surface area contributed by atoms with Crippen molar-refractivity contribution < 1.29 is 9.53 Å². The molecule has 1 aromatic rings. The maximum Gasteiger partial charge on any atom is 0.341 e. The van der Waals surface area contributed by atoms with Gasteiger partial charge in [0.15, 0.2) is 0 Å². The molecule has 80 valence electrons. The predicted molar refractivity (Wildman–Crippen MR) is 62.8 cm³/mol. The molecule has 0 atom stereocenters. The number of carbonyl (C=O) groups excluding carboxylic acids is 1. The number of aromatic nitrogens is 1. The molecule has 0 aromatic carbocycles. The summed E-state index contributed by atoms with van der Waals surface area (Å²) in [7, 11) is 1.31. The average Bonchev–Trinajstić information content (AvgIpc) is 2.27. The molecule has 0 amide bonds. The Labute approximate surface area is 96.3 Å². The van der Waals surface area contributed by atoms with Crippen LogP contribution in [0, 0.1) is 0 Å². The molecule has 0 radical (unpaired) electrons. The number of alkyl halides is 1. The van der Waals surface area contributed by atoms with Gasteiger partial charge in [-0.15, -0.1) is 0 Å². The molecule has 1 rings (SSSR count). The molecule has 2 N–H and O–H groups in total. The van der Waals surface area contributed by atoms with Crippen molar-refractivity contribution >= 4 is 33.8 Å². The van der Waals surface area contributed by atoms with Crippen LogP contribution in [-0.4, -0.2) is 23.4 Å². The number of pyridine rings is 1. The smallest absolute Gasteiger partial charge is 0.341 e. The minimum Gasteiger partial charge on any atom is -0.465 e. The number of nitrogen functional groups attached to an aromatic ring is 1. The van der Waals surface area contributed by atoms with Crippen LogP contribution in [0.3, 0.4) is 0 Å². The summed E-state index contributed by atoms with van der Waals surface area (Å²) < 4.78 is 4.58. The van der Waals surface area contributed by atoms with E-state index in [-0.39, 0.29) is 11.4 Å². The molecule has 1 heterocycles. The lowest BCUT2D eigenvalue weighted by atomic mass is 10.2. The number of esters is 1. The van der Waals surface area contributed by atoms with Gasteiger partial charge >= 0.3 is 5.97 Å². The molecule has 5 heteroatoms. The summed E-state index contributed by atoms with van der Waals surface area (Å²) in [6.07, 6.45) is 5.34. The lowest BCUT2D eigenvalue weighted by molar-refractivity contribution is 0.0601. The molecule has 0 saturated carbocycles. The molecule has 0 aliphatic carbocycles. The van der Waals surface area contributed by atoms with Crippen LogP contribution in [0.15, 0.2) is 18.3 Å². The van der Waals surface area contributed by atoms with Crippen molar-refractivity contribution in [3.8, 4) is 0 Å². The second-order valence-corrected chi connectivity index (χ2v) is 3.40. The normalized spacial score (nSPS) is 10.5. The summed E-state index contributed by atoms with van der Waals surface area (Å²) >= 11 is 3.26. The summed E-state index contributed by atoms with van der Waals surface area (Å²) in [5.41, 5.74) is 6.64. The van der Waals surface area contributed by atoms with E-state index in [1.165, 1.54) is 7.11 Å². The number of methoxy groups -OCH3 is 1. The van der Waals surface area contributed by atoms with E-state index >= 15 is 0 Å². The van der Waals surface area contributed by atoms with Crippen LogP contribution in [0.5, 0.6) is 0 Å². The van der Waals surface area contributed by atoms with E-state index in [1.54, 1.807) is 12.3 Å². The number of rotatable bonds is 3. The summed E-state index contributed by atoms with van der Waals surface area (Å²) in [5, 5.41) is 0.741. The standard InChI is InChI=1S/C10H11BrN2O2/c1-15-10(14)8-5-7(3-2-4-11)6-13-9(8)12/h2-3,5-6H,4H2,1H3,(H2,12,13). The number of ether oxygens (including phenoxy) is 1. The highest BCUT2D eigenvalue weighted by atomic mass is 79.9. The fraction of sp³-hybridized carbons (Fsp3) is 0.200. The summed E-state index contributed by atoms with van der Waals surface area (Å²) in [6.45, 7) is 0. The van der Waals surface area contributed by atoms with Crippen LogP contribution >= 0.6 is 15.9 Å². The van der Waals surface area contributed by atoms with Crippen molar-refractivity contribution in [3.05, 3.63) is 29.5 Å². The van der Waals surface area contributed by atoms with Crippen LogP contribution in [0.1, 0.15) is 15.9 Å². The minimum atomic E-state index is -0.478. The molecule has 1 aromatic heterocycles. The van der Waals surface area contributed by atoms with Crippen LogP contribution in [-0.2, 0) is 4.74 Å². The number of hydrogen-bond donors (Lipinski definition) is 1. The van der Waals surface area contributed by atoms with E-state index in [9.17, 15) is 4.79 Å². The lowest BCUT2D eigenvalue weighted by Crippen LogP contribution is -2.07. The fourth-order valence-corrected chi connectivity index (χ4v) is 1.22. The predicted octanol–water partition coefficient (Wildman–Crippen LogP) is 1.86. The first-order valence-corrected chi connectivity index (χ1v) is 5.37. The van der Waals surface area contributed by atoms with Gasteiger partial charge in [0, 0.05) is 11.5 Å². The number of halogens is 1. The van der Waals surface area contributed by atoms with E-state index in [0.717, 1.165) is 10.9 Å². The van der Waals surface area contributed by atoms with Gasteiger partial charge in [0.2, 0.25) is 0 Å². The Morgan fingerprint density at radius 2 is 2.47 bits per heavy atom. The van der Waals surface area contributed by atoms with Crippen LogP contribution in [0.2, 0.25) is 0 Å². The molecule has 0 saturated heterocycles. The molecule has 0 unspecified atom stereocenters. The van der Waals surface area contributed by atoms with Gasteiger partial charge in [-0.3, -0.25) is 0 Å². The second-order valence-electron chi connectivity index (χ2n) is 2.75. The van der Waals surface area contributed by atoms with Gasteiger partial charge in [-0.25, -0.2) is 9.78 Å². The number of allylic oxidation sites excluding steroid dienone is 1. The third-order valence-corrected chi connectivity index (χ3v) is 2.12. The molecular formula is C10H11BrN2O2. The Kier molecular flexibility index (Phi) is 4.30. The van der Waals surface area contributed by atoms with Crippen molar-refractivity contribution in [1.82, 2.24) is 4.98 Å². The third-order valence-electron chi connectivity index (χ3n) is 1.74. The highest BCUT2D eigenvalue weighted by Gasteiger charge is 2.10. The zero-order valence-corrected chi connectivity index (χ0v) is 9.82. The van der Waals surface area contributed by atoms with Gasteiger partial charge in [-0.2, -0.15) is 0 Å². The highest BCUT2D eigenvalue weighted by molar-refractivity contribution is 9.09. The zero-order chi connectivity index (χ0) is 11.3. The van der Waals surface area contributed by atoms with Crippen molar-refractivity contribution in [2.24, 2.45) is 0 Å². The van der Waals surface area contributed by atoms with E-state index < -0.39 is 5.97 Å². The highest BCUT2D eigenvalue weighted by Crippen LogP contribution is 2.13. The second kappa shape index (κ2) is 5.50. The molecule has 0 aliphatic heterocycles. The molecule has 0 spiro atoms. The Morgan fingerprint density at radius 3 is 3.07 bits per heavy atom. The Balaban J connectivity index is 3.05. The number of nitrogens with zero attached hydrogens (tertiary/aromatic N) is 1. The topological polar surface area (TPSA) is 65.2 Å². The first kappa shape index (κ1) is 11.7. The van der Waals surface area contributed by atoms with Crippen molar-refractivity contribution in [2.75, 3.05) is 18.2 Å². The Hall–Kier alpha value is -1.36. The Morgan fingerprint density at radius 1 is 1.73 bits per heavy atom. The minimum absolute atomic E-state index is 0.179. The monoisotopic (exact) mass is 270 g/mol. The number of carbonyl (C=O) groups is 1. The number of hydrogen-bond acceptors (Lipinski definition) is 4. The largest absolute Gasteiger partial charge is 0.465 e. The van der Waals surface area contributed by atoms with Crippen molar-refractivity contribution in [1.29, 1.82) is 0 Å². The lowest BCUT2D eigenvalue weighted by Gasteiger charge is -2.03. The third kappa shape index (κ3) is 3.06. The fourth-order valence-electron chi connectivity index (χ4n) is 1.04. The maximum atomic E-state index is 11.3. The number of anilines is 1. The maximum absolute atomic E-state index is 11.3. The van der Waals surface area contributed by atoms with Gasteiger partial charge in [-0.1, -0.05) is 28.1 Å². The van der Waals surface area contributed by atoms with E-state index in [4.69, 9.17) is 5.73 Å². The van der Waals surface area contributed by atoms with E-state index in [2.05, 4.69) is 25.7 Å². The molecule has 0 aliphatic rings. The number of nitrogens with two attached hydrogens (primary N) is 1. The molecule has 0 bridgehead atoms. The molecule has 0 fully saturated rings. The Bertz CT molecular complexity index is 391. The summed E-state index contributed by atoms with van der Waals surface area (Å²) in [5.74, 6) is -0.299. The van der Waals surface area contributed by atoms with Gasteiger partial charge in [-0.05, 0) is 11.6 Å². The molecule has 15 heavy (non-hydrogen) atoms. The molecular weight excluding hydrogens is 260 g/mol. The quantitative estimate of drug-likeness (QED) is 0.673. The average molecular weight is 271 g/mol. The van der Waals surface area contributed by atoms with E-state index in [0.29, 0.717) is 0 Å². The van der Waals surface area contributed by atoms with Crippen LogP contribution in [0.4, 0.5) is 5.82 Å². The first-order chi connectivity index (χ1) is 7.19. The van der Waals surface area contributed by atoms with Gasteiger partial charge < -0.3 is 10.5 Å².